The van der Waals surface area contributed by atoms with Crippen LogP contribution in [0.3, 0.4) is 0 Å². The maximum Gasteiger partial charge on any atom is 0.161 e. The third kappa shape index (κ3) is 5.83. The van der Waals surface area contributed by atoms with Gasteiger partial charge in [-0.15, -0.1) is 0 Å². The number of nitrogens with two attached hydrogens (primary N) is 1. The predicted molar refractivity (Wildman–Crippen MR) is 84.5 cm³/mol. The molecule has 20 heavy (non-hydrogen) atoms. The number of ether oxygens (including phenoxy) is 2. The molecule has 0 aliphatic heterocycles. The highest BCUT2D eigenvalue weighted by Gasteiger charge is 2.07. The van der Waals surface area contributed by atoms with Crippen molar-refractivity contribution in [3.63, 3.8) is 0 Å². The molecule has 1 aromatic carbocycles. The van der Waals surface area contributed by atoms with E-state index >= 15 is 0 Å². The molecule has 0 spiro atoms. The molecule has 114 valence electrons. The Bertz CT molecular complexity index is 377. The maximum absolute atomic E-state index is 5.87. The monoisotopic (exact) mass is 279 g/mol. The first-order chi connectivity index (χ1) is 9.69. The van der Waals surface area contributed by atoms with E-state index in [1.807, 2.05) is 25.1 Å². The molecule has 0 amide bonds. The molecule has 0 aliphatic carbocycles. The van der Waals surface area contributed by atoms with E-state index in [0.29, 0.717) is 0 Å². The summed E-state index contributed by atoms with van der Waals surface area (Å²) >= 11 is 0. The summed E-state index contributed by atoms with van der Waals surface area (Å²) in [6.07, 6.45) is 7.61. The van der Waals surface area contributed by atoms with Crippen LogP contribution in [0.1, 0.15) is 64.0 Å². The minimum atomic E-state index is 0.0107. The van der Waals surface area contributed by atoms with Crippen LogP contribution >= 0.6 is 0 Å². The van der Waals surface area contributed by atoms with Gasteiger partial charge in [-0.05, 0) is 31.0 Å². The summed E-state index contributed by atoms with van der Waals surface area (Å²) < 4.78 is 11.2. The molecular formula is C17H29NO2. The van der Waals surface area contributed by atoms with Gasteiger partial charge in [-0.2, -0.15) is 0 Å². The molecule has 0 saturated heterocycles. The van der Waals surface area contributed by atoms with Gasteiger partial charge in [0.25, 0.3) is 0 Å². The Labute approximate surface area is 123 Å². The van der Waals surface area contributed by atoms with E-state index in [9.17, 15) is 0 Å². The van der Waals surface area contributed by atoms with Crippen LogP contribution in [0.25, 0.3) is 0 Å². The van der Waals surface area contributed by atoms with Crippen molar-refractivity contribution in [3.8, 4) is 11.5 Å². The van der Waals surface area contributed by atoms with Crippen molar-refractivity contribution in [1.82, 2.24) is 0 Å². The largest absolute Gasteiger partial charge is 0.493 e. The van der Waals surface area contributed by atoms with E-state index in [-0.39, 0.29) is 6.04 Å². The molecule has 1 aromatic rings. The minimum Gasteiger partial charge on any atom is -0.493 e. The Balaban J connectivity index is 2.36. The Morgan fingerprint density at radius 1 is 1.05 bits per heavy atom. The van der Waals surface area contributed by atoms with Crippen molar-refractivity contribution in [2.24, 2.45) is 5.73 Å². The number of unbranched alkanes of at least 4 members (excludes halogenated alkanes) is 5. The summed E-state index contributed by atoms with van der Waals surface area (Å²) in [6.45, 7) is 4.95. The van der Waals surface area contributed by atoms with Gasteiger partial charge in [0, 0.05) is 6.04 Å². The normalized spacial score (nSPS) is 12.2. The number of rotatable bonds is 10. The molecule has 3 nitrogen and oxygen atoms in total. The van der Waals surface area contributed by atoms with Crippen molar-refractivity contribution < 1.29 is 9.47 Å². The highest BCUT2D eigenvalue weighted by atomic mass is 16.5. The highest BCUT2D eigenvalue weighted by molar-refractivity contribution is 5.43. The first kappa shape index (κ1) is 16.8. The van der Waals surface area contributed by atoms with Gasteiger partial charge in [-0.1, -0.05) is 45.1 Å². The number of benzene rings is 1. The van der Waals surface area contributed by atoms with E-state index in [2.05, 4.69) is 6.92 Å². The molecule has 0 unspecified atom stereocenters. The first-order valence-corrected chi connectivity index (χ1v) is 7.75. The molecule has 0 fully saturated rings. The molecule has 0 heterocycles. The fraction of sp³-hybridized carbons (Fsp3) is 0.647. The average molecular weight is 279 g/mol. The lowest BCUT2D eigenvalue weighted by molar-refractivity contribution is 0.284. The number of methoxy groups -OCH3 is 1. The van der Waals surface area contributed by atoms with Gasteiger partial charge in [-0.25, -0.2) is 0 Å². The Kier molecular flexibility index (Phi) is 8.12. The lowest BCUT2D eigenvalue weighted by Crippen LogP contribution is -2.06. The van der Waals surface area contributed by atoms with Gasteiger partial charge < -0.3 is 15.2 Å². The van der Waals surface area contributed by atoms with E-state index in [1.54, 1.807) is 7.11 Å². The molecule has 3 heteroatoms. The van der Waals surface area contributed by atoms with E-state index in [1.165, 1.54) is 32.1 Å². The molecule has 1 rings (SSSR count). The zero-order valence-corrected chi connectivity index (χ0v) is 13.2. The molecule has 0 bridgehead atoms. The Morgan fingerprint density at radius 3 is 2.40 bits per heavy atom. The van der Waals surface area contributed by atoms with Crippen molar-refractivity contribution in [3.05, 3.63) is 23.8 Å². The summed E-state index contributed by atoms with van der Waals surface area (Å²) in [5, 5.41) is 0. The summed E-state index contributed by atoms with van der Waals surface area (Å²) in [5.74, 6) is 1.58. The summed E-state index contributed by atoms with van der Waals surface area (Å²) in [6, 6.07) is 5.93. The Morgan fingerprint density at radius 2 is 1.75 bits per heavy atom. The van der Waals surface area contributed by atoms with Crippen molar-refractivity contribution in [2.75, 3.05) is 13.7 Å². The molecule has 0 aromatic heterocycles. The standard InChI is InChI=1S/C17H29NO2/c1-4-5-6-7-8-9-12-20-16-11-10-15(14(2)18)13-17(16)19-3/h10-11,13-14H,4-9,12,18H2,1-3H3/t14-/m0/s1. The zero-order chi connectivity index (χ0) is 14.8. The van der Waals surface area contributed by atoms with Gasteiger partial charge in [0.2, 0.25) is 0 Å². The van der Waals surface area contributed by atoms with E-state index in [0.717, 1.165) is 30.1 Å². The number of hydrogen-bond donors (Lipinski definition) is 1. The van der Waals surface area contributed by atoms with E-state index in [4.69, 9.17) is 15.2 Å². The summed E-state index contributed by atoms with van der Waals surface area (Å²) in [4.78, 5) is 0. The second-order valence-electron chi connectivity index (χ2n) is 5.32. The molecule has 0 radical (unpaired) electrons. The van der Waals surface area contributed by atoms with Gasteiger partial charge in [-0.3, -0.25) is 0 Å². The maximum atomic E-state index is 5.87. The van der Waals surface area contributed by atoms with Crippen LogP contribution in [0, 0.1) is 0 Å². The predicted octanol–water partition coefficient (Wildman–Crippen LogP) is 4.45. The van der Waals surface area contributed by atoms with Crippen molar-refractivity contribution in [1.29, 1.82) is 0 Å². The van der Waals surface area contributed by atoms with Gasteiger partial charge >= 0.3 is 0 Å². The van der Waals surface area contributed by atoms with Crippen molar-refractivity contribution in [2.45, 2.75) is 58.4 Å². The van der Waals surface area contributed by atoms with Crippen LogP contribution in [0.2, 0.25) is 0 Å². The fourth-order valence-corrected chi connectivity index (χ4v) is 2.15. The lowest BCUT2D eigenvalue weighted by Gasteiger charge is -2.13. The van der Waals surface area contributed by atoms with Crippen LogP contribution < -0.4 is 15.2 Å². The van der Waals surface area contributed by atoms with Gasteiger partial charge in [0.1, 0.15) is 0 Å². The third-order valence-corrected chi connectivity index (χ3v) is 3.47. The van der Waals surface area contributed by atoms with Gasteiger partial charge in [0.05, 0.1) is 13.7 Å². The van der Waals surface area contributed by atoms with Crippen LogP contribution in [0.5, 0.6) is 11.5 Å². The smallest absolute Gasteiger partial charge is 0.161 e. The van der Waals surface area contributed by atoms with Crippen LogP contribution in [0.4, 0.5) is 0 Å². The zero-order valence-electron chi connectivity index (χ0n) is 13.2. The van der Waals surface area contributed by atoms with Gasteiger partial charge in [0.15, 0.2) is 11.5 Å². The molecular weight excluding hydrogens is 250 g/mol. The fourth-order valence-electron chi connectivity index (χ4n) is 2.15. The van der Waals surface area contributed by atoms with Crippen LogP contribution in [0.15, 0.2) is 18.2 Å². The summed E-state index contributed by atoms with van der Waals surface area (Å²) in [7, 11) is 1.66. The van der Waals surface area contributed by atoms with Crippen LogP contribution in [-0.4, -0.2) is 13.7 Å². The number of hydrogen-bond acceptors (Lipinski definition) is 3. The quantitative estimate of drug-likeness (QED) is 0.643. The topological polar surface area (TPSA) is 44.5 Å². The molecule has 0 saturated carbocycles. The van der Waals surface area contributed by atoms with Crippen LogP contribution in [-0.2, 0) is 0 Å². The second kappa shape index (κ2) is 9.65. The minimum absolute atomic E-state index is 0.0107. The lowest BCUT2D eigenvalue weighted by atomic mass is 10.1. The molecule has 1 atom stereocenters. The highest BCUT2D eigenvalue weighted by Crippen LogP contribution is 2.29. The summed E-state index contributed by atoms with van der Waals surface area (Å²) in [5.41, 5.74) is 6.93. The molecule has 2 N–H and O–H groups in total. The second-order valence-corrected chi connectivity index (χ2v) is 5.32. The first-order valence-electron chi connectivity index (χ1n) is 7.75. The SMILES string of the molecule is CCCCCCCCOc1ccc([C@H](C)N)cc1OC. The third-order valence-electron chi connectivity index (χ3n) is 3.47. The average Bonchev–Trinajstić information content (AvgIpc) is 2.46. The van der Waals surface area contributed by atoms with Crippen molar-refractivity contribution >= 4 is 0 Å². The Hall–Kier alpha value is -1.22. The van der Waals surface area contributed by atoms with E-state index < -0.39 is 0 Å². The molecule has 0 aliphatic rings.